The molecule has 20 heteroatoms. The lowest BCUT2D eigenvalue weighted by Gasteiger charge is -2.26. The second-order valence-corrected chi connectivity index (χ2v) is 11.2. The van der Waals surface area contributed by atoms with Gasteiger partial charge in [-0.25, -0.2) is 18.5 Å². The van der Waals surface area contributed by atoms with E-state index in [2.05, 4.69) is 13.1 Å². The van der Waals surface area contributed by atoms with Gasteiger partial charge in [-0.2, -0.15) is 8.62 Å². The van der Waals surface area contributed by atoms with E-state index in [1.165, 1.54) is 0 Å². The van der Waals surface area contributed by atoms with E-state index in [9.17, 15) is 38.2 Å². The van der Waals surface area contributed by atoms with E-state index < -0.39 is 64.1 Å². The van der Waals surface area contributed by atoms with Gasteiger partial charge >= 0.3 is 29.2 Å². The van der Waals surface area contributed by atoms with Crippen molar-refractivity contribution in [2.45, 2.75) is 36.3 Å². The van der Waals surface area contributed by atoms with Crippen LogP contribution in [0.1, 0.15) is 13.2 Å². The molecule has 2 heterocycles. The van der Waals surface area contributed by atoms with Crippen LogP contribution in [-0.2, 0) is 31.6 Å². The standard InChI is InChI=1S/C12H16ClN2O14P3/c1-3-12(13)9(17)8(26-10(12)15-5-4-7(16)14-11(15)18)6(2)27-31(22,23)29-32(24,25)28-30(19,20)21/h1,4-6,8-10,17H,2H3,(H,22,23)(H,24,25)(H,14,16,18)(H2,19,20,21)/t6-,8+,9?,10+,12?/m0/s1. The van der Waals surface area contributed by atoms with Crippen LogP contribution in [0.4, 0.5) is 0 Å². The summed E-state index contributed by atoms with van der Waals surface area (Å²) in [5.74, 6) is 2.02. The number of ether oxygens (including phenoxy) is 1. The fourth-order valence-corrected chi connectivity index (χ4v) is 6.16. The van der Waals surface area contributed by atoms with Crippen molar-refractivity contribution in [3.05, 3.63) is 33.1 Å². The molecule has 0 amide bonds. The number of alkyl halides is 1. The Bertz CT molecular complexity index is 1170. The maximum atomic E-state index is 12.1. The first-order valence-corrected chi connectivity index (χ1v) is 12.9. The van der Waals surface area contributed by atoms with Gasteiger partial charge in [0.2, 0.25) is 0 Å². The molecule has 0 aromatic carbocycles. The van der Waals surface area contributed by atoms with Crippen molar-refractivity contribution in [3.8, 4) is 12.3 Å². The Morgan fingerprint density at radius 1 is 1.25 bits per heavy atom. The largest absolute Gasteiger partial charge is 0.490 e. The summed E-state index contributed by atoms with van der Waals surface area (Å²) in [4.78, 5) is 59.0. The van der Waals surface area contributed by atoms with E-state index in [0.717, 1.165) is 23.8 Å². The van der Waals surface area contributed by atoms with E-state index in [-0.39, 0.29) is 0 Å². The maximum absolute atomic E-state index is 12.1. The summed E-state index contributed by atoms with van der Waals surface area (Å²) in [7, 11) is -17.0. The van der Waals surface area contributed by atoms with Gasteiger partial charge in [-0.05, 0) is 6.92 Å². The predicted molar refractivity (Wildman–Crippen MR) is 103 cm³/mol. The minimum atomic E-state index is -5.78. The topological polar surface area (TPSA) is 244 Å². The Balaban J connectivity index is 2.28. The monoisotopic (exact) mass is 540 g/mol. The zero-order chi connectivity index (χ0) is 24.7. The minimum absolute atomic E-state index is 0.731. The van der Waals surface area contributed by atoms with E-state index in [1.807, 2.05) is 10.9 Å². The van der Waals surface area contributed by atoms with Crippen molar-refractivity contribution in [3.63, 3.8) is 0 Å². The Morgan fingerprint density at radius 3 is 2.34 bits per heavy atom. The molecule has 6 N–H and O–H groups in total. The van der Waals surface area contributed by atoms with E-state index >= 15 is 0 Å². The second-order valence-electron chi connectivity index (χ2n) is 6.23. The first-order valence-electron chi connectivity index (χ1n) is 8.05. The van der Waals surface area contributed by atoms with Crippen LogP contribution in [0.25, 0.3) is 0 Å². The van der Waals surface area contributed by atoms with Crippen molar-refractivity contribution in [1.82, 2.24) is 9.55 Å². The SMILES string of the molecule is C#CC1(Cl)C(O)[C@@H]([C@H](C)OP(=O)(O)OP(=O)(O)OP(=O)(O)O)O[C@H]1n1ccc(=O)[nH]c1=O. The molecule has 0 bridgehead atoms. The average molecular weight is 541 g/mol. The molecule has 0 radical (unpaired) electrons. The molecule has 1 saturated heterocycles. The highest BCUT2D eigenvalue weighted by Gasteiger charge is 2.58. The third-order valence-corrected chi connectivity index (χ3v) is 8.34. The predicted octanol–water partition coefficient (Wildman–Crippen LogP) is -0.863. The van der Waals surface area contributed by atoms with Crippen molar-refractivity contribution >= 4 is 35.1 Å². The summed E-state index contributed by atoms with van der Waals surface area (Å²) < 4.78 is 52.0. The van der Waals surface area contributed by atoms with Gasteiger partial charge in [-0.1, -0.05) is 17.5 Å². The Hall–Kier alpha value is -1.14. The number of nitrogens with zero attached hydrogens (tertiary/aromatic N) is 1. The Kier molecular flexibility index (Phi) is 7.83. The number of terminal acetylenes is 1. The molecule has 4 unspecified atom stereocenters. The number of H-pyrrole nitrogens is 1. The second kappa shape index (κ2) is 9.25. The molecular formula is C12H16ClN2O14P3. The third kappa shape index (κ3) is 6.25. The molecule has 1 aliphatic heterocycles. The first kappa shape index (κ1) is 27.1. The third-order valence-electron chi connectivity index (χ3n) is 3.89. The minimum Gasteiger partial charge on any atom is -0.387 e. The molecule has 16 nitrogen and oxygen atoms in total. The summed E-state index contributed by atoms with van der Waals surface area (Å²) in [5.41, 5.74) is -1.78. The number of aliphatic hydroxyl groups excluding tert-OH is 1. The number of phosphoric ester groups is 1. The number of aliphatic hydroxyl groups is 1. The molecule has 0 aliphatic carbocycles. The highest BCUT2D eigenvalue weighted by Crippen LogP contribution is 2.66. The smallest absolute Gasteiger partial charge is 0.387 e. The summed E-state index contributed by atoms with van der Waals surface area (Å²) in [6, 6.07) is 0.924. The fourth-order valence-electron chi connectivity index (χ4n) is 2.68. The van der Waals surface area contributed by atoms with Crippen LogP contribution >= 0.6 is 35.1 Å². The zero-order valence-corrected chi connectivity index (χ0v) is 19.1. The molecule has 7 atom stereocenters. The lowest BCUT2D eigenvalue weighted by atomic mass is 9.97. The number of rotatable bonds is 8. The molecule has 0 saturated carbocycles. The number of hydrogen-bond donors (Lipinski definition) is 6. The van der Waals surface area contributed by atoms with Crippen LogP contribution in [0.5, 0.6) is 0 Å². The molecule has 1 aromatic heterocycles. The first-order chi connectivity index (χ1) is 14.4. The van der Waals surface area contributed by atoms with Crippen LogP contribution in [0.15, 0.2) is 21.9 Å². The van der Waals surface area contributed by atoms with Crippen molar-refractivity contribution in [2.24, 2.45) is 0 Å². The molecular weight excluding hydrogens is 525 g/mol. The van der Waals surface area contributed by atoms with Gasteiger partial charge in [0, 0.05) is 12.3 Å². The summed E-state index contributed by atoms with van der Waals surface area (Å²) in [5, 5.41) is 10.5. The van der Waals surface area contributed by atoms with Crippen molar-refractivity contribution in [2.75, 3.05) is 0 Å². The molecule has 32 heavy (non-hydrogen) atoms. The molecule has 2 rings (SSSR count). The highest BCUT2D eigenvalue weighted by molar-refractivity contribution is 7.66. The molecule has 180 valence electrons. The number of aromatic amines is 1. The summed E-state index contributed by atoms with van der Waals surface area (Å²) >= 11 is 6.23. The molecule has 0 spiro atoms. The average Bonchev–Trinajstić information content (AvgIpc) is 2.84. The zero-order valence-electron chi connectivity index (χ0n) is 15.6. The van der Waals surface area contributed by atoms with Crippen LogP contribution < -0.4 is 11.2 Å². The van der Waals surface area contributed by atoms with Gasteiger partial charge in [-0.3, -0.25) is 18.9 Å². The quantitative estimate of drug-likeness (QED) is 0.133. The number of phosphoric acid groups is 3. The molecule has 1 fully saturated rings. The van der Waals surface area contributed by atoms with Crippen molar-refractivity contribution in [1.29, 1.82) is 0 Å². The van der Waals surface area contributed by atoms with E-state index in [4.69, 9.17) is 32.5 Å². The van der Waals surface area contributed by atoms with Crippen LogP contribution in [0.3, 0.4) is 0 Å². The van der Waals surface area contributed by atoms with Gasteiger partial charge < -0.3 is 29.4 Å². The van der Waals surface area contributed by atoms with Gasteiger partial charge in [0.1, 0.15) is 12.2 Å². The van der Waals surface area contributed by atoms with Gasteiger partial charge in [-0.15, -0.1) is 6.42 Å². The highest BCUT2D eigenvalue weighted by atomic mass is 35.5. The van der Waals surface area contributed by atoms with Gasteiger partial charge in [0.15, 0.2) is 11.1 Å². The van der Waals surface area contributed by atoms with Crippen LogP contribution in [-0.4, -0.2) is 57.4 Å². The fraction of sp³-hybridized carbons (Fsp3) is 0.500. The Labute approximate surface area is 183 Å². The van der Waals surface area contributed by atoms with E-state index in [1.54, 1.807) is 0 Å². The van der Waals surface area contributed by atoms with Gasteiger partial charge in [0.05, 0.1) is 6.10 Å². The molecule has 1 aliphatic rings. The normalized spacial score (nSPS) is 30.8. The summed E-state index contributed by atoms with van der Waals surface area (Å²) in [6.45, 7) is 1.01. The van der Waals surface area contributed by atoms with Crippen LogP contribution in [0, 0.1) is 12.3 Å². The maximum Gasteiger partial charge on any atom is 0.490 e. The van der Waals surface area contributed by atoms with Crippen molar-refractivity contribution < 1.29 is 56.3 Å². The number of nitrogens with one attached hydrogen (secondary N) is 1. The number of hydrogen-bond acceptors (Lipinski definition) is 10. The number of halogens is 1. The lowest BCUT2D eigenvalue weighted by molar-refractivity contribution is -0.0749. The van der Waals surface area contributed by atoms with E-state index in [0.29, 0.717) is 0 Å². The summed E-state index contributed by atoms with van der Waals surface area (Å²) in [6.07, 6.45) is -0.520. The van der Waals surface area contributed by atoms with Gasteiger partial charge in [0.25, 0.3) is 5.56 Å². The Morgan fingerprint density at radius 2 is 1.84 bits per heavy atom. The molecule has 1 aromatic rings. The number of aromatic nitrogens is 2. The van der Waals surface area contributed by atoms with Crippen LogP contribution in [0.2, 0.25) is 0 Å². The lowest BCUT2D eigenvalue weighted by Crippen LogP contribution is -2.45.